The Kier molecular flexibility index (Phi) is 4.66. The van der Waals surface area contributed by atoms with Gasteiger partial charge in [0.2, 0.25) is 0 Å². The number of nitrogens with zero attached hydrogens (tertiary/aromatic N) is 1. The minimum Gasteiger partial charge on any atom is -0.489 e. The maximum atomic E-state index is 6.07. The smallest absolute Gasteiger partial charge is 0.143 e. The molecule has 1 aliphatic carbocycles. The number of hydrogen-bond acceptors (Lipinski definition) is 4. The minimum atomic E-state index is 0.207. The molecule has 3 rings (SSSR count). The van der Waals surface area contributed by atoms with E-state index in [1.165, 1.54) is 24.1 Å². The van der Waals surface area contributed by atoms with E-state index in [1.54, 1.807) is 0 Å². The molecular formula is C17H27N3O. The van der Waals surface area contributed by atoms with Crippen molar-refractivity contribution < 1.29 is 4.74 Å². The monoisotopic (exact) mass is 289 g/mol. The third-order valence-corrected chi connectivity index (χ3v) is 4.02. The Labute approximate surface area is 127 Å². The van der Waals surface area contributed by atoms with Gasteiger partial charge in [0.25, 0.3) is 0 Å². The zero-order valence-corrected chi connectivity index (χ0v) is 13.2. The molecule has 1 aromatic rings. The Morgan fingerprint density at radius 2 is 2.05 bits per heavy atom. The van der Waals surface area contributed by atoms with Gasteiger partial charge in [0.1, 0.15) is 5.75 Å². The highest BCUT2D eigenvalue weighted by atomic mass is 16.5. The van der Waals surface area contributed by atoms with E-state index in [0.717, 1.165) is 44.5 Å². The number of hydrogen-bond donors (Lipinski definition) is 2. The third kappa shape index (κ3) is 4.11. The number of piperazine rings is 1. The van der Waals surface area contributed by atoms with Crippen LogP contribution in [0.3, 0.4) is 0 Å². The summed E-state index contributed by atoms with van der Waals surface area (Å²) in [6, 6.07) is 7.42. The van der Waals surface area contributed by atoms with E-state index in [2.05, 4.69) is 47.6 Å². The highest BCUT2D eigenvalue weighted by Gasteiger charge is 2.21. The van der Waals surface area contributed by atoms with Crippen molar-refractivity contribution in [3.8, 4) is 5.75 Å². The van der Waals surface area contributed by atoms with E-state index < -0.39 is 0 Å². The molecule has 2 fully saturated rings. The van der Waals surface area contributed by atoms with Crippen LogP contribution in [-0.2, 0) is 6.54 Å². The van der Waals surface area contributed by atoms with Gasteiger partial charge in [-0.2, -0.15) is 0 Å². The van der Waals surface area contributed by atoms with E-state index in [0.29, 0.717) is 0 Å². The molecule has 4 heteroatoms. The van der Waals surface area contributed by atoms with Gasteiger partial charge in [0.15, 0.2) is 0 Å². The van der Waals surface area contributed by atoms with Crippen LogP contribution in [-0.4, -0.2) is 38.3 Å². The second-order valence-corrected chi connectivity index (χ2v) is 6.36. The first-order valence-corrected chi connectivity index (χ1v) is 8.21. The first-order valence-electron chi connectivity index (χ1n) is 8.21. The Hall–Kier alpha value is -1.26. The van der Waals surface area contributed by atoms with Crippen LogP contribution in [0.2, 0.25) is 0 Å². The van der Waals surface area contributed by atoms with Crippen LogP contribution < -0.4 is 20.3 Å². The minimum absolute atomic E-state index is 0.207. The van der Waals surface area contributed by atoms with Gasteiger partial charge >= 0.3 is 0 Å². The molecule has 0 radical (unpaired) electrons. The summed E-state index contributed by atoms with van der Waals surface area (Å²) in [6.07, 6.45) is 2.86. The molecule has 1 saturated heterocycles. The molecule has 0 atom stereocenters. The second-order valence-electron chi connectivity index (χ2n) is 6.36. The summed E-state index contributed by atoms with van der Waals surface area (Å²) >= 11 is 0. The molecule has 1 aromatic carbocycles. The third-order valence-electron chi connectivity index (χ3n) is 4.02. The van der Waals surface area contributed by atoms with Gasteiger partial charge in [-0.1, -0.05) is 6.07 Å². The van der Waals surface area contributed by atoms with Crippen molar-refractivity contribution in [1.82, 2.24) is 10.6 Å². The quantitative estimate of drug-likeness (QED) is 0.841. The van der Waals surface area contributed by atoms with Crippen molar-refractivity contribution in [3.63, 3.8) is 0 Å². The van der Waals surface area contributed by atoms with Gasteiger partial charge in [0, 0.05) is 38.8 Å². The second kappa shape index (κ2) is 6.67. The number of anilines is 1. The maximum absolute atomic E-state index is 6.07. The van der Waals surface area contributed by atoms with Crippen LogP contribution in [0, 0.1) is 0 Å². The topological polar surface area (TPSA) is 36.5 Å². The van der Waals surface area contributed by atoms with Crippen LogP contribution in [0.5, 0.6) is 5.75 Å². The molecule has 0 unspecified atom stereocenters. The van der Waals surface area contributed by atoms with Crippen LogP contribution in [0.25, 0.3) is 0 Å². The Morgan fingerprint density at radius 1 is 1.29 bits per heavy atom. The molecule has 2 N–H and O–H groups in total. The lowest BCUT2D eigenvalue weighted by Gasteiger charge is -2.31. The Bertz CT molecular complexity index is 465. The normalized spacial score (nSPS) is 19.1. The van der Waals surface area contributed by atoms with Crippen molar-refractivity contribution in [1.29, 1.82) is 0 Å². The number of nitrogens with one attached hydrogen (secondary N) is 2. The number of ether oxygens (including phenoxy) is 1. The zero-order valence-electron chi connectivity index (χ0n) is 13.2. The highest BCUT2D eigenvalue weighted by Crippen LogP contribution is 2.31. The molecule has 1 heterocycles. The predicted molar refractivity (Wildman–Crippen MR) is 87.2 cm³/mol. The van der Waals surface area contributed by atoms with E-state index in [9.17, 15) is 0 Å². The zero-order chi connectivity index (χ0) is 14.7. The van der Waals surface area contributed by atoms with Crippen LogP contribution in [0.4, 0.5) is 5.69 Å². The van der Waals surface area contributed by atoms with Crippen molar-refractivity contribution >= 4 is 5.69 Å². The predicted octanol–water partition coefficient (Wildman–Crippen LogP) is 2.14. The van der Waals surface area contributed by atoms with E-state index >= 15 is 0 Å². The first-order chi connectivity index (χ1) is 10.2. The molecule has 116 valence electrons. The Balaban J connectivity index is 1.75. The molecule has 0 aromatic heterocycles. The van der Waals surface area contributed by atoms with Gasteiger partial charge in [-0.15, -0.1) is 0 Å². The fourth-order valence-electron chi connectivity index (χ4n) is 2.73. The summed E-state index contributed by atoms with van der Waals surface area (Å²) in [4.78, 5) is 2.42. The number of benzene rings is 1. The average Bonchev–Trinajstić information content (AvgIpc) is 3.30. The molecular weight excluding hydrogens is 262 g/mol. The fourth-order valence-corrected chi connectivity index (χ4v) is 2.73. The largest absolute Gasteiger partial charge is 0.489 e. The molecule has 0 bridgehead atoms. The SMILES string of the molecule is CC(C)Oc1cc(CNC2CC2)ccc1N1CCNCC1. The van der Waals surface area contributed by atoms with Crippen LogP contribution in [0.1, 0.15) is 32.3 Å². The molecule has 2 aliphatic rings. The van der Waals surface area contributed by atoms with Gasteiger partial charge in [-0.05, 0) is 44.4 Å². The molecule has 0 spiro atoms. The molecule has 1 aliphatic heterocycles. The lowest BCUT2D eigenvalue weighted by molar-refractivity contribution is 0.242. The Morgan fingerprint density at radius 3 is 2.71 bits per heavy atom. The van der Waals surface area contributed by atoms with E-state index in [1.807, 2.05) is 0 Å². The van der Waals surface area contributed by atoms with Crippen molar-refractivity contribution in [3.05, 3.63) is 23.8 Å². The number of rotatable bonds is 6. The standard InChI is InChI=1S/C17H27N3O/c1-13(2)21-17-11-14(12-19-15-4-5-15)3-6-16(17)20-9-7-18-8-10-20/h3,6,11,13,15,18-19H,4-5,7-10,12H2,1-2H3. The van der Waals surface area contributed by atoms with Gasteiger partial charge in [0.05, 0.1) is 11.8 Å². The van der Waals surface area contributed by atoms with Crippen LogP contribution >= 0.6 is 0 Å². The van der Waals surface area contributed by atoms with Gasteiger partial charge < -0.3 is 20.3 Å². The highest BCUT2D eigenvalue weighted by molar-refractivity contribution is 5.60. The van der Waals surface area contributed by atoms with Crippen molar-refractivity contribution in [2.45, 2.75) is 45.4 Å². The fraction of sp³-hybridized carbons (Fsp3) is 0.647. The summed E-state index contributed by atoms with van der Waals surface area (Å²) < 4.78 is 6.07. The lowest BCUT2D eigenvalue weighted by atomic mass is 10.1. The summed E-state index contributed by atoms with van der Waals surface area (Å²) in [7, 11) is 0. The summed E-state index contributed by atoms with van der Waals surface area (Å²) in [5, 5.41) is 6.98. The summed E-state index contributed by atoms with van der Waals surface area (Å²) in [5.74, 6) is 1.03. The molecule has 1 saturated carbocycles. The van der Waals surface area contributed by atoms with Gasteiger partial charge in [-0.3, -0.25) is 0 Å². The summed E-state index contributed by atoms with van der Waals surface area (Å²) in [6.45, 7) is 9.33. The molecule has 21 heavy (non-hydrogen) atoms. The first kappa shape index (κ1) is 14.7. The van der Waals surface area contributed by atoms with Crippen molar-refractivity contribution in [2.75, 3.05) is 31.1 Å². The van der Waals surface area contributed by atoms with Crippen molar-refractivity contribution in [2.24, 2.45) is 0 Å². The van der Waals surface area contributed by atoms with E-state index in [-0.39, 0.29) is 6.10 Å². The molecule has 0 amide bonds. The molecule has 4 nitrogen and oxygen atoms in total. The summed E-state index contributed by atoms with van der Waals surface area (Å²) in [5.41, 5.74) is 2.55. The van der Waals surface area contributed by atoms with Gasteiger partial charge in [-0.25, -0.2) is 0 Å². The maximum Gasteiger partial charge on any atom is 0.143 e. The lowest BCUT2D eigenvalue weighted by Crippen LogP contribution is -2.43. The van der Waals surface area contributed by atoms with Crippen LogP contribution in [0.15, 0.2) is 18.2 Å². The average molecular weight is 289 g/mol. The van der Waals surface area contributed by atoms with E-state index in [4.69, 9.17) is 4.74 Å².